The summed E-state index contributed by atoms with van der Waals surface area (Å²) in [5, 5.41) is 3.72. The molecule has 0 bridgehead atoms. The van der Waals surface area contributed by atoms with Crippen molar-refractivity contribution in [3.63, 3.8) is 0 Å². The molecule has 0 atom stereocenters. The molecule has 0 aromatic carbocycles. The third kappa shape index (κ3) is 3.39. The van der Waals surface area contributed by atoms with Crippen molar-refractivity contribution in [3.05, 3.63) is 11.2 Å². The van der Waals surface area contributed by atoms with E-state index in [0.29, 0.717) is 0 Å². The summed E-state index contributed by atoms with van der Waals surface area (Å²) in [4.78, 5) is 0. The molecule has 17 heavy (non-hydrogen) atoms. The largest absolute Gasteiger partial charge is 0.355 e. The van der Waals surface area contributed by atoms with Crippen molar-refractivity contribution in [2.24, 2.45) is 7.05 Å². The highest BCUT2D eigenvalue weighted by Crippen LogP contribution is 2.19. The van der Waals surface area contributed by atoms with Gasteiger partial charge in [0.1, 0.15) is 0 Å². The number of nitrogens with one attached hydrogen (secondary N) is 1. The Morgan fingerprint density at radius 1 is 1.53 bits per heavy atom. The summed E-state index contributed by atoms with van der Waals surface area (Å²) in [6.07, 6.45) is 0.608. The number of rotatable bonds is 6. The predicted octanol–water partition coefficient (Wildman–Crippen LogP) is -0.0293. The minimum absolute atomic E-state index is 0.0170. The molecular formula is C8H14ClN3O4S. The predicted molar refractivity (Wildman–Crippen MR) is 61.2 cm³/mol. The van der Waals surface area contributed by atoms with Crippen LogP contribution in [0.3, 0.4) is 0 Å². The van der Waals surface area contributed by atoms with Gasteiger partial charge in [0.05, 0.1) is 17.8 Å². The van der Waals surface area contributed by atoms with Crippen molar-refractivity contribution < 1.29 is 17.9 Å². The summed E-state index contributed by atoms with van der Waals surface area (Å²) < 4.78 is 37.0. The van der Waals surface area contributed by atoms with Gasteiger partial charge >= 0.3 is 0 Å². The lowest BCUT2D eigenvalue weighted by molar-refractivity contribution is -0.0960. The first kappa shape index (κ1) is 14.4. The van der Waals surface area contributed by atoms with Crippen molar-refractivity contribution in [1.29, 1.82) is 0 Å². The smallest absolute Gasteiger partial charge is 0.259 e. The molecule has 9 heteroatoms. The van der Waals surface area contributed by atoms with E-state index in [2.05, 4.69) is 9.82 Å². The number of halogens is 1. The molecule has 1 heterocycles. The van der Waals surface area contributed by atoms with Gasteiger partial charge in [0.2, 0.25) is 0 Å². The summed E-state index contributed by atoms with van der Waals surface area (Å²) in [5.74, 6) is 0. The maximum absolute atomic E-state index is 11.9. The van der Waals surface area contributed by atoms with Gasteiger partial charge in [0.15, 0.2) is 11.3 Å². The van der Waals surface area contributed by atoms with Crippen molar-refractivity contribution >= 4 is 21.6 Å². The van der Waals surface area contributed by atoms with Gasteiger partial charge in [0, 0.05) is 21.3 Å². The van der Waals surface area contributed by atoms with Gasteiger partial charge in [-0.1, -0.05) is 11.6 Å². The Morgan fingerprint density at radius 3 is 2.53 bits per heavy atom. The van der Waals surface area contributed by atoms with Gasteiger partial charge in [0.25, 0.3) is 10.0 Å². The summed E-state index contributed by atoms with van der Waals surface area (Å²) in [5.41, 5.74) is 0. The van der Waals surface area contributed by atoms with E-state index in [9.17, 15) is 8.42 Å². The third-order valence-corrected chi connectivity index (χ3v) is 3.99. The van der Waals surface area contributed by atoms with Gasteiger partial charge in [-0.2, -0.15) is 5.10 Å². The molecule has 0 saturated heterocycles. The van der Waals surface area contributed by atoms with E-state index in [1.165, 1.54) is 32.1 Å². The second-order valence-corrected chi connectivity index (χ2v) is 5.26. The van der Waals surface area contributed by atoms with Crippen LogP contribution >= 0.6 is 11.6 Å². The first-order valence-corrected chi connectivity index (χ1v) is 6.51. The molecule has 0 aliphatic carbocycles. The van der Waals surface area contributed by atoms with E-state index in [1.807, 2.05) is 0 Å². The number of methoxy groups -OCH3 is 2. The highest BCUT2D eigenvalue weighted by Gasteiger charge is 2.23. The van der Waals surface area contributed by atoms with Crippen molar-refractivity contribution in [2.75, 3.05) is 20.8 Å². The Hall–Kier alpha value is -0.670. The molecule has 0 aliphatic rings. The molecule has 0 spiro atoms. The fourth-order valence-electron chi connectivity index (χ4n) is 1.21. The average molecular weight is 284 g/mol. The lowest BCUT2D eigenvalue weighted by atomic mass is 10.6. The fourth-order valence-corrected chi connectivity index (χ4v) is 2.88. The lowest BCUT2D eigenvalue weighted by Crippen LogP contribution is -2.35. The van der Waals surface area contributed by atoms with Crippen molar-refractivity contribution in [2.45, 2.75) is 11.3 Å². The molecule has 1 aromatic rings. The summed E-state index contributed by atoms with van der Waals surface area (Å²) in [6.45, 7) is -0.0170. The number of aryl methyl sites for hydroxylation is 1. The van der Waals surface area contributed by atoms with Gasteiger partial charge < -0.3 is 9.47 Å². The quantitative estimate of drug-likeness (QED) is 0.742. The van der Waals surface area contributed by atoms with Crippen LogP contribution in [0.2, 0.25) is 5.02 Å². The lowest BCUT2D eigenvalue weighted by Gasteiger charge is -2.14. The van der Waals surface area contributed by atoms with E-state index in [-0.39, 0.29) is 16.6 Å². The third-order valence-electron chi connectivity index (χ3n) is 2.06. The Bertz CT molecular complexity index is 450. The first-order chi connectivity index (χ1) is 7.92. The minimum atomic E-state index is -3.74. The molecule has 1 N–H and O–H groups in total. The highest BCUT2D eigenvalue weighted by atomic mass is 35.5. The van der Waals surface area contributed by atoms with E-state index >= 15 is 0 Å². The number of hydrogen-bond acceptors (Lipinski definition) is 5. The average Bonchev–Trinajstić information content (AvgIpc) is 2.60. The number of hydrogen-bond donors (Lipinski definition) is 1. The molecule has 0 amide bonds. The molecular weight excluding hydrogens is 270 g/mol. The second-order valence-electron chi connectivity index (χ2n) is 3.17. The first-order valence-electron chi connectivity index (χ1n) is 4.65. The number of aromatic nitrogens is 2. The van der Waals surface area contributed by atoms with Crippen LogP contribution in [0, 0.1) is 0 Å². The number of sulfonamides is 1. The normalized spacial score (nSPS) is 12.3. The maximum atomic E-state index is 11.9. The van der Waals surface area contributed by atoms with Crippen LogP contribution in [-0.2, 0) is 26.5 Å². The SMILES string of the molecule is COC(CNS(=O)(=O)c1c(Cl)cnn1C)OC. The van der Waals surface area contributed by atoms with E-state index in [0.717, 1.165) is 0 Å². The van der Waals surface area contributed by atoms with Crippen LogP contribution in [0.15, 0.2) is 11.2 Å². The monoisotopic (exact) mass is 283 g/mol. The maximum Gasteiger partial charge on any atom is 0.259 e. The van der Waals surface area contributed by atoms with Crippen LogP contribution in [0.5, 0.6) is 0 Å². The zero-order chi connectivity index (χ0) is 13.1. The van der Waals surface area contributed by atoms with Crippen LogP contribution in [0.25, 0.3) is 0 Å². The molecule has 98 valence electrons. The van der Waals surface area contributed by atoms with Crippen molar-refractivity contribution in [3.8, 4) is 0 Å². The second kappa shape index (κ2) is 5.78. The van der Waals surface area contributed by atoms with Crippen LogP contribution < -0.4 is 4.72 Å². The van der Waals surface area contributed by atoms with Crippen LogP contribution in [0.1, 0.15) is 0 Å². The molecule has 0 fully saturated rings. The summed E-state index contributed by atoms with van der Waals surface area (Å²) in [6, 6.07) is 0. The van der Waals surface area contributed by atoms with Crippen LogP contribution in [0.4, 0.5) is 0 Å². The standard InChI is InChI=1S/C8H14ClN3O4S/c1-12-8(6(9)4-10-12)17(13,14)11-5-7(15-2)16-3/h4,7,11H,5H2,1-3H3. The summed E-state index contributed by atoms with van der Waals surface area (Å²) in [7, 11) is 0.588. The fraction of sp³-hybridized carbons (Fsp3) is 0.625. The van der Waals surface area contributed by atoms with Crippen molar-refractivity contribution in [1.82, 2.24) is 14.5 Å². The van der Waals surface area contributed by atoms with Gasteiger partial charge in [-0.3, -0.25) is 4.68 Å². The topological polar surface area (TPSA) is 82.5 Å². The minimum Gasteiger partial charge on any atom is -0.355 e. The van der Waals surface area contributed by atoms with E-state index in [1.54, 1.807) is 0 Å². The summed E-state index contributed by atoms with van der Waals surface area (Å²) >= 11 is 5.75. The number of nitrogens with zero attached hydrogens (tertiary/aromatic N) is 2. The van der Waals surface area contributed by atoms with E-state index < -0.39 is 16.3 Å². The molecule has 0 aliphatic heterocycles. The van der Waals surface area contributed by atoms with Gasteiger partial charge in [-0.25, -0.2) is 13.1 Å². The Kier molecular flexibility index (Phi) is 4.90. The Balaban J connectivity index is 2.83. The van der Waals surface area contributed by atoms with Crippen LogP contribution in [-0.4, -0.2) is 45.3 Å². The number of ether oxygens (including phenoxy) is 2. The molecule has 7 nitrogen and oxygen atoms in total. The highest BCUT2D eigenvalue weighted by molar-refractivity contribution is 7.89. The van der Waals surface area contributed by atoms with E-state index in [4.69, 9.17) is 21.1 Å². The molecule has 1 rings (SSSR count). The van der Waals surface area contributed by atoms with Gasteiger partial charge in [-0.05, 0) is 0 Å². The Labute approximate surface area is 105 Å². The molecule has 0 saturated carbocycles. The van der Waals surface area contributed by atoms with Gasteiger partial charge in [-0.15, -0.1) is 0 Å². The molecule has 0 radical (unpaired) electrons. The Morgan fingerprint density at radius 2 is 2.12 bits per heavy atom. The zero-order valence-corrected chi connectivity index (χ0v) is 11.2. The molecule has 1 aromatic heterocycles. The zero-order valence-electron chi connectivity index (χ0n) is 9.68. The molecule has 0 unspecified atom stereocenters.